The fourth-order valence-corrected chi connectivity index (χ4v) is 3.37. The summed E-state index contributed by atoms with van der Waals surface area (Å²) in [5, 5.41) is 0. The highest BCUT2D eigenvalue weighted by Gasteiger charge is 2.98. The summed E-state index contributed by atoms with van der Waals surface area (Å²) < 4.78 is 281. The van der Waals surface area contributed by atoms with E-state index in [1.54, 1.807) is 0 Å². The van der Waals surface area contributed by atoms with Gasteiger partial charge in [-0.2, -0.15) is 92.2 Å². The summed E-state index contributed by atoms with van der Waals surface area (Å²) in [5.74, 6) is -72.3. The van der Waals surface area contributed by atoms with E-state index in [9.17, 15) is 96.8 Å². The fourth-order valence-electron chi connectivity index (χ4n) is 2.87. The standard InChI is InChI=1S/C10H2F21O3P.2C7H9N/c11-1(12,3(15,16)5(19,20)7(23,24)9(27,28)29)2(13,14)4(17,18)6(21,22)8(25,26)10(30,31)35(32,33)34;2*1-6-2-4-7(8)5-3-6/h(H2,32,33,34);2*2-5H,8H2,1H3. The zero-order valence-electron chi connectivity index (χ0n) is 24.5. The van der Waals surface area contributed by atoms with E-state index < -0.39 is 66.8 Å². The van der Waals surface area contributed by atoms with E-state index in [0.717, 1.165) is 11.4 Å². The van der Waals surface area contributed by atoms with Crippen LogP contribution in [0.3, 0.4) is 0 Å². The van der Waals surface area contributed by atoms with Crippen LogP contribution in [0.5, 0.6) is 0 Å². The number of alkyl halides is 21. The van der Waals surface area contributed by atoms with Crippen LogP contribution in [0.1, 0.15) is 11.1 Å². The summed E-state index contributed by atoms with van der Waals surface area (Å²) in [6.45, 7) is 4.08. The minimum atomic E-state index is -9.35. The normalized spacial score (nSPS) is 14.6. The van der Waals surface area contributed by atoms with E-state index in [1.807, 2.05) is 62.4 Å². The molecule has 27 heteroatoms. The van der Waals surface area contributed by atoms with E-state index in [2.05, 4.69) is 0 Å². The lowest BCUT2D eigenvalue weighted by molar-refractivity contribution is -0.472. The van der Waals surface area contributed by atoms with Crippen LogP contribution >= 0.6 is 7.60 Å². The van der Waals surface area contributed by atoms with Crippen LogP contribution in [0.2, 0.25) is 0 Å². The van der Waals surface area contributed by atoms with Gasteiger partial charge in [0.05, 0.1) is 0 Å². The monoisotopic (exact) mass is 814 g/mol. The maximum Gasteiger partial charge on any atom is 0.460 e. The van der Waals surface area contributed by atoms with Crippen LogP contribution in [0, 0.1) is 13.8 Å². The lowest BCUT2D eigenvalue weighted by Crippen LogP contribution is -2.76. The number of nitrogens with two attached hydrogens (primary N) is 2. The molecule has 0 aromatic heterocycles. The molecule has 0 heterocycles. The van der Waals surface area contributed by atoms with E-state index in [0.29, 0.717) is 0 Å². The van der Waals surface area contributed by atoms with Crippen LogP contribution < -0.4 is 11.5 Å². The Bertz CT molecular complexity index is 1420. The zero-order chi connectivity index (χ0) is 41.5. The number of rotatable bonds is 9. The highest BCUT2D eigenvalue weighted by molar-refractivity contribution is 7.53. The average molecular weight is 814 g/mol. The quantitative estimate of drug-likeness (QED) is 0.115. The minimum absolute atomic E-state index is 0.829. The molecule has 51 heavy (non-hydrogen) atoms. The van der Waals surface area contributed by atoms with E-state index in [4.69, 9.17) is 21.3 Å². The topological polar surface area (TPSA) is 110 Å². The van der Waals surface area contributed by atoms with Crippen molar-refractivity contribution >= 4 is 19.0 Å². The van der Waals surface area contributed by atoms with Gasteiger partial charge in [-0.3, -0.25) is 4.57 Å². The number of benzene rings is 2. The fraction of sp³-hybridized carbons (Fsp3) is 0.500. The maximum absolute atomic E-state index is 13.3. The van der Waals surface area contributed by atoms with Gasteiger partial charge in [0.25, 0.3) is 0 Å². The summed E-state index contributed by atoms with van der Waals surface area (Å²) in [6, 6.07) is 15.6. The Morgan fingerprint density at radius 3 is 0.784 bits per heavy atom. The van der Waals surface area contributed by atoms with Crippen LogP contribution in [-0.2, 0) is 4.57 Å². The number of nitrogen functional groups attached to an aromatic ring is 2. The van der Waals surface area contributed by atoms with E-state index >= 15 is 0 Å². The highest BCUT2D eigenvalue weighted by Crippen LogP contribution is 2.70. The molecule has 5 nitrogen and oxygen atoms in total. The van der Waals surface area contributed by atoms with Gasteiger partial charge in [-0.1, -0.05) is 35.4 Å². The Kier molecular flexibility index (Phi) is 13.4. The SMILES string of the molecule is Cc1ccc(N)cc1.Cc1ccc(N)cc1.O=P(O)(O)C(F)(F)C(F)(F)C(F)(F)C(F)(F)C(F)(F)C(F)(F)C(F)(F)C(F)(F)C(F)(F)C(F)(F)F. The largest absolute Gasteiger partial charge is 0.460 e. The lowest BCUT2D eigenvalue weighted by Gasteiger charge is -2.44. The smallest absolute Gasteiger partial charge is 0.399 e. The molecule has 296 valence electrons. The summed E-state index contributed by atoms with van der Waals surface area (Å²) in [4.78, 5) is 15.7. The van der Waals surface area contributed by atoms with Crippen molar-refractivity contribution in [3.05, 3.63) is 59.7 Å². The Hall–Kier alpha value is -3.28. The third kappa shape index (κ3) is 8.20. The maximum atomic E-state index is 13.3. The van der Waals surface area contributed by atoms with Gasteiger partial charge in [0, 0.05) is 11.4 Å². The third-order valence-corrected chi connectivity index (χ3v) is 7.03. The molecule has 0 fully saturated rings. The highest BCUT2D eigenvalue weighted by atomic mass is 31.2. The molecular formula is C24H20F21N2O3P. The number of halogens is 21. The van der Waals surface area contributed by atoms with Crippen LogP contribution in [-0.4, -0.2) is 69.0 Å². The Morgan fingerprint density at radius 1 is 0.412 bits per heavy atom. The summed E-state index contributed by atoms with van der Waals surface area (Å²) >= 11 is 0. The first-order chi connectivity index (χ1) is 22.1. The summed E-state index contributed by atoms with van der Waals surface area (Å²) in [6.07, 6.45) is -8.07. The van der Waals surface area contributed by atoms with Crippen molar-refractivity contribution in [3.63, 3.8) is 0 Å². The molecule has 0 aliphatic carbocycles. The first-order valence-corrected chi connectivity index (χ1v) is 13.9. The van der Waals surface area contributed by atoms with Crippen LogP contribution in [0.15, 0.2) is 48.5 Å². The molecule has 0 amide bonds. The van der Waals surface area contributed by atoms with Gasteiger partial charge in [0.15, 0.2) is 0 Å². The van der Waals surface area contributed by atoms with Crippen molar-refractivity contribution in [2.75, 3.05) is 11.5 Å². The van der Waals surface area contributed by atoms with Crippen molar-refractivity contribution in [3.8, 4) is 0 Å². The number of hydrogen-bond donors (Lipinski definition) is 4. The van der Waals surface area contributed by atoms with Gasteiger partial charge in [-0.05, 0) is 38.1 Å². The molecule has 0 saturated carbocycles. The molecule has 0 aliphatic heterocycles. The summed E-state index contributed by atoms with van der Waals surface area (Å²) in [5.41, 5.74) is 7.09. The van der Waals surface area contributed by atoms with Crippen molar-refractivity contribution in [1.82, 2.24) is 0 Å². The van der Waals surface area contributed by atoms with Crippen molar-refractivity contribution < 1.29 is 107 Å². The molecule has 0 saturated heterocycles. The number of hydrogen-bond acceptors (Lipinski definition) is 3. The molecule has 0 bridgehead atoms. The summed E-state index contributed by atoms with van der Waals surface area (Å²) in [7, 11) is -8.17. The zero-order valence-corrected chi connectivity index (χ0v) is 25.4. The van der Waals surface area contributed by atoms with Gasteiger partial charge in [-0.15, -0.1) is 0 Å². The average Bonchev–Trinajstić information content (AvgIpc) is 2.94. The molecule has 0 spiro atoms. The number of anilines is 2. The van der Waals surface area contributed by atoms with Crippen molar-refractivity contribution in [2.45, 2.75) is 73.1 Å². The van der Waals surface area contributed by atoms with E-state index in [-0.39, 0.29) is 0 Å². The predicted octanol–water partition coefficient (Wildman–Crippen LogP) is 9.56. The van der Waals surface area contributed by atoms with Gasteiger partial charge < -0.3 is 21.3 Å². The van der Waals surface area contributed by atoms with Gasteiger partial charge in [0.2, 0.25) is 0 Å². The second kappa shape index (κ2) is 14.3. The van der Waals surface area contributed by atoms with Crippen LogP contribution in [0.4, 0.5) is 104 Å². The predicted molar refractivity (Wildman–Crippen MR) is 134 cm³/mol. The van der Waals surface area contributed by atoms with Crippen LogP contribution in [0.25, 0.3) is 0 Å². The Morgan fingerprint density at radius 2 is 0.608 bits per heavy atom. The Balaban J connectivity index is 0.00000125. The lowest BCUT2D eigenvalue weighted by atomic mass is 9.87. The second-order valence-corrected chi connectivity index (χ2v) is 11.6. The second-order valence-electron chi connectivity index (χ2n) is 10.00. The first-order valence-electron chi connectivity index (χ1n) is 12.2. The minimum Gasteiger partial charge on any atom is -0.399 e. The molecular weight excluding hydrogens is 794 g/mol. The van der Waals surface area contributed by atoms with Gasteiger partial charge in [0.1, 0.15) is 0 Å². The number of aryl methyl sites for hydroxylation is 2. The molecule has 0 unspecified atom stereocenters. The van der Waals surface area contributed by atoms with E-state index in [1.165, 1.54) is 11.1 Å². The molecule has 2 aromatic rings. The van der Waals surface area contributed by atoms with Crippen molar-refractivity contribution in [1.29, 1.82) is 0 Å². The molecule has 2 aromatic carbocycles. The molecule has 0 aliphatic rings. The first kappa shape index (κ1) is 47.7. The molecule has 2 rings (SSSR count). The van der Waals surface area contributed by atoms with Crippen molar-refractivity contribution in [2.24, 2.45) is 0 Å². The molecule has 0 radical (unpaired) electrons. The molecule has 0 atom stereocenters. The van der Waals surface area contributed by atoms with Gasteiger partial charge in [-0.25, -0.2) is 0 Å². The Labute approximate surface area is 270 Å². The third-order valence-electron chi connectivity index (χ3n) is 6.01. The van der Waals surface area contributed by atoms with Gasteiger partial charge >= 0.3 is 66.8 Å². The molecule has 6 N–H and O–H groups in total.